The van der Waals surface area contributed by atoms with E-state index in [0.29, 0.717) is 5.92 Å². The highest BCUT2D eigenvalue weighted by Gasteiger charge is 2.37. The quantitative estimate of drug-likeness (QED) is 0.880. The fourth-order valence-electron chi connectivity index (χ4n) is 4.61. The minimum Gasteiger partial charge on any atom is -0.493 e. The molecule has 1 saturated carbocycles. The Labute approximate surface area is 122 Å². The molecule has 0 amide bonds. The summed E-state index contributed by atoms with van der Waals surface area (Å²) < 4.78 is 5.78. The molecule has 1 aliphatic carbocycles. The topological polar surface area (TPSA) is 35.2 Å². The van der Waals surface area contributed by atoms with E-state index in [2.05, 4.69) is 38.1 Å². The Kier molecular flexibility index (Phi) is 3.76. The molecule has 1 fully saturated rings. The Morgan fingerprint density at radius 2 is 1.90 bits per heavy atom. The van der Waals surface area contributed by atoms with Gasteiger partial charge in [0.05, 0.1) is 6.61 Å². The monoisotopic (exact) mass is 273 g/mol. The number of nitrogens with two attached hydrogens (primary N) is 1. The van der Waals surface area contributed by atoms with E-state index in [1.165, 1.54) is 24.8 Å². The van der Waals surface area contributed by atoms with Gasteiger partial charge in [-0.15, -0.1) is 0 Å². The van der Waals surface area contributed by atoms with Gasteiger partial charge < -0.3 is 10.5 Å². The van der Waals surface area contributed by atoms with Crippen LogP contribution < -0.4 is 10.5 Å². The van der Waals surface area contributed by atoms with E-state index in [0.717, 1.165) is 37.0 Å². The number of benzene rings is 1. The summed E-state index contributed by atoms with van der Waals surface area (Å²) in [6.07, 6.45) is 5.91. The van der Waals surface area contributed by atoms with E-state index < -0.39 is 0 Å². The molecule has 3 rings (SSSR count). The first kappa shape index (κ1) is 13.9. The number of fused-ring (bicyclic) bond motifs is 1. The maximum Gasteiger partial charge on any atom is 0.122 e. The molecular formula is C18H27NO. The van der Waals surface area contributed by atoms with Gasteiger partial charge in [-0.05, 0) is 61.5 Å². The molecule has 2 heteroatoms. The van der Waals surface area contributed by atoms with Crippen molar-refractivity contribution in [3.63, 3.8) is 0 Å². The van der Waals surface area contributed by atoms with Crippen LogP contribution in [0.5, 0.6) is 5.75 Å². The maximum absolute atomic E-state index is 6.79. The third kappa shape index (κ3) is 2.85. The van der Waals surface area contributed by atoms with Gasteiger partial charge in [0.25, 0.3) is 0 Å². The highest BCUT2D eigenvalue weighted by atomic mass is 16.5. The van der Waals surface area contributed by atoms with Crippen LogP contribution in [-0.4, -0.2) is 12.1 Å². The van der Waals surface area contributed by atoms with Crippen molar-refractivity contribution < 1.29 is 4.74 Å². The maximum atomic E-state index is 6.79. The molecular weight excluding hydrogens is 246 g/mol. The molecule has 2 aliphatic rings. The summed E-state index contributed by atoms with van der Waals surface area (Å²) in [5, 5.41) is 0. The molecule has 1 aromatic carbocycles. The third-order valence-electron chi connectivity index (χ3n) is 5.05. The van der Waals surface area contributed by atoms with Gasteiger partial charge in [-0.2, -0.15) is 0 Å². The molecule has 2 nitrogen and oxygen atoms in total. The molecule has 0 radical (unpaired) electrons. The molecule has 3 atom stereocenters. The molecule has 3 unspecified atom stereocenters. The molecule has 1 aliphatic heterocycles. The average molecular weight is 273 g/mol. The zero-order valence-electron chi connectivity index (χ0n) is 12.8. The predicted molar refractivity (Wildman–Crippen MR) is 83.0 cm³/mol. The van der Waals surface area contributed by atoms with Crippen LogP contribution in [0.15, 0.2) is 24.3 Å². The van der Waals surface area contributed by atoms with Crippen LogP contribution in [0.3, 0.4) is 0 Å². The molecule has 20 heavy (non-hydrogen) atoms. The van der Waals surface area contributed by atoms with Gasteiger partial charge >= 0.3 is 0 Å². The summed E-state index contributed by atoms with van der Waals surface area (Å²) in [4.78, 5) is 0. The van der Waals surface area contributed by atoms with Gasteiger partial charge in [-0.3, -0.25) is 0 Å². The van der Waals surface area contributed by atoms with E-state index in [1.54, 1.807) is 0 Å². The van der Waals surface area contributed by atoms with E-state index in [-0.39, 0.29) is 5.54 Å². The Morgan fingerprint density at radius 3 is 2.65 bits per heavy atom. The average Bonchev–Trinajstić information content (AvgIpc) is 2.37. The Balaban J connectivity index is 1.78. The summed E-state index contributed by atoms with van der Waals surface area (Å²) in [5.74, 6) is 3.17. The van der Waals surface area contributed by atoms with Crippen LogP contribution in [-0.2, 0) is 0 Å². The molecule has 0 saturated heterocycles. The summed E-state index contributed by atoms with van der Waals surface area (Å²) in [5.41, 5.74) is 8.18. The Hall–Kier alpha value is -1.02. The predicted octanol–water partition coefficient (Wildman–Crippen LogP) is 4.10. The lowest BCUT2D eigenvalue weighted by atomic mass is 9.67. The van der Waals surface area contributed by atoms with E-state index in [9.17, 15) is 0 Å². The van der Waals surface area contributed by atoms with Crippen molar-refractivity contribution in [1.29, 1.82) is 0 Å². The van der Waals surface area contributed by atoms with Crippen LogP contribution in [0, 0.1) is 11.8 Å². The Bertz CT molecular complexity index is 460. The van der Waals surface area contributed by atoms with E-state index in [1.807, 2.05) is 0 Å². The van der Waals surface area contributed by atoms with Gasteiger partial charge in [0.2, 0.25) is 0 Å². The zero-order chi connectivity index (χ0) is 14.2. The lowest BCUT2D eigenvalue weighted by Crippen LogP contribution is -2.47. The first-order valence-corrected chi connectivity index (χ1v) is 8.06. The van der Waals surface area contributed by atoms with Crippen molar-refractivity contribution in [3.05, 3.63) is 29.8 Å². The summed E-state index contributed by atoms with van der Waals surface area (Å²) in [6, 6.07) is 8.50. The Morgan fingerprint density at radius 1 is 1.20 bits per heavy atom. The van der Waals surface area contributed by atoms with Gasteiger partial charge in [0, 0.05) is 5.54 Å². The van der Waals surface area contributed by atoms with Crippen LogP contribution in [0.4, 0.5) is 0 Å². The first-order chi connectivity index (χ1) is 9.56. The fourth-order valence-corrected chi connectivity index (χ4v) is 4.61. The standard InChI is InChI=1S/C18H27NO/c1-13-9-14(2)11-18(19,10-13)12-15-7-8-20-17-6-4-3-5-16(15)17/h3-6,13-15H,7-12,19H2,1-2H3. The number of para-hydroxylation sites is 1. The second kappa shape index (κ2) is 5.40. The fraction of sp³-hybridized carbons (Fsp3) is 0.667. The summed E-state index contributed by atoms with van der Waals surface area (Å²) in [6.45, 7) is 5.55. The van der Waals surface area contributed by atoms with Crippen molar-refractivity contribution in [2.24, 2.45) is 17.6 Å². The zero-order valence-corrected chi connectivity index (χ0v) is 12.8. The van der Waals surface area contributed by atoms with Crippen LogP contribution in [0.1, 0.15) is 57.4 Å². The minimum absolute atomic E-state index is 0.0200. The van der Waals surface area contributed by atoms with Crippen molar-refractivity contribution in [3.8, 4) is 5.75 Å². The van der Waals surface area contributed by atoms with Gasteiger partial charge in [-0.1, -0.05) is 32.0 Å². The molecule has 0 aromatic heterocycles. The van der Waals surface area contributed by atoms with Gasteiger partial charge in [0.15, 0.2) is 0 Å². The van der Waals surface area contributed by atoms with E-state index in [4.69, 9.17) is 10.5 Å². The highest BCUT2D eigenvalue weighted by Crippen LogP contribution is 2.43. The van der Waals surface area contributed by atoms with Crippen molar-refractivity contribution in [1.82, 2.24) is 0 Å². The number of hydrogen-bond acceptors (Lipinski definition) is 2. The highest BCUT2D eigenvalue weighted by molar-refractivity contribution is 5.38. The molecule has 110 valence electrons. The number of rotatable bonds is 2. The smallest absolute Gasteiger partial charge is 0.122 e. The summed E-state index contributed by atoms with van der Waals surface area (Å²) >= 11 is 0. The number of ether oxygens (including phenoxy) is 1. The van der Waals surface area contributed by atoms with Crippen LogP contribution in [0.2, 0.25) is 0 Å². The van der Waals surface area contributed by atoms with Gasteiger partial charge in [0.1, 0.15) is 5.75 Å². The molecule has 0 bridgehead atoms. The van der Waals surface area contributed by atoms with E-state index >= 15 is 0 Å². The molecule has 0 spiro atoms. The third-order valence-corrected chi connectivity index (χ3v) is 5.05. The van der Waals surface area contributed by atoms with Crippen molar-refractivity contribution in [2.75, 3.05) is 6.61 Å². The molecule has 1 heterocycles. The van der Waals surface area contributed by atoms with Crippen molar-refractivity contribution in [2.45, 2.75) is 57.4 Å². The minimum atomic E-state index is 0.0200. The first-order valence-electron chi connectivity index (χ1n) is 8.06. The van der Waals surface area contributed by atoms with Crippen molar-refractivity contribution >= 4 is 0 Å². The molecule has 1 aromatic rings. The largest absolute Gasteiger partial charge is 0.493 e. The lowest BCUT2D eigenvalue weighted by Gasteiger charge is -2.43. The van der Waals surface area contributed by atoms with Gasteiger partial charge in [-0.25, -0.2) is 0 Å². The number of hydrogen-bond donors (Lipinski definition) is 1. The SMILES string of the molecule is CC1CC(C)CC(N)(CC2CCOc3ccccc32)C1. The normalized spacial score (nSPS) is 37.0. The summed E-state index contributed by atoms with van der Waals surface area (Å²) in [7, 11) is 0. The second-order valence-electron chi connectivity index (χ2n) is 7.29. The van der Waals surface area contributed by atoms with Crippen LogP contribution in [0.25, 0.3) is 0 Å². The lowest BCUT2D eigenvalue weighted by molar-refractivity contribution is 0.153. The molecule has 2 N–H and O–H groups in total. The van der Waals surface area contributed by atoms with Crippen LogP contribution >= 0.6 is 0 Å². The second-order valence-corrected chi connectivity index (χ2v) is 7.29.